The van der Waals surface area contributed by atoms with E-state index >= 15 is 0 Å². The zero-order valence-electron chi connectivity index (χ0n) is 28.6. The number of rotatable bonds is 3. The van der Waals surface area contributed by atoms with Crippen molar-refractivity contribution in [3.05, 3.63) is 102 Å². The van der Waals surface area contributed by atoms with Gasteiger partial charge >= 0.3 is 0 Å². The molecule has 0 spiro atoms. The molecule has 0 unspecified atom stereocenters. The van der Waals surface area contributed by atoms with Gasteiger partial charge in [0.2, 0.25) is 0 Å². The minimum absolute atomic E-state index is 0.201. The van der Waals surface area contributed by atoms with Crippen molar-refractivity contribution in [1.82, 2.24) is 4.98 Å². The molecule has 0 bridgehead atoms. The molecule has 2 heteroatoms. The Kier molecular flexibility index (Phi) is 4.95. The first kappa shape index (κ1) is 21.8. The molecule has 41 heavy (non-hydrogen) atoms. The number of aromatic nitrogens is 1. The molecule has 0 N–H and O–H groups in total. The summed E-state index contributed by atoms with van der Waals surface area (Å²) < 4.78 is 41.6. The van der Waals surface area contributed by atoms with Crippen LogP contribution in [0.1, 0.15) is 75.0 Å². The second-order valence-corrected chi connectivity index (χ2v) is 13.1. The van der Waals surface area contributed by atoms with Crippen molar-refractivity contribution >= 4 is 32.7 Å². The van der Waals surface area contributed by atoms with Gasteiger partial charge < -0.3 is 4.42 Å². The van der Waals surface area contributed by atoms with Crippen LogP contribution in [0.2, 0.25) is 0 Å². The maximum Gasteiger partial charge on any atom is 0.144 e. The molecule has 0 atom stereocenters. The minimum atomic E-state index is -2.35. The third kappa shape index (κ3) is 4.19. The van der Waals surface area contributed by atoms with Crippen LogP contribution in [0.25, 0.3) is 55.1 Å². The predicted octanol–water partition coefficient (Wildman–Crippen LogP) is 11.4. The van der Waals surface area contributed by atoms with Crippen molar-refractivity contribution in [1.29, 1.82) is 0 Å². The fourth-order valence-electron chi connectivity index (χ4n) is 7.59. The standard InChI is InChI=1S/C39H39NO/c1-24-21-27(37-38(3,4)19-10-20-39(37,5)6)16-17-28(24)33-22-34(40-23-25(33)2)32-14-9-13-30-31-18-15-26-11-7-8-12-29(26)35(31)41-36(30)32/h7-9,11-18,21-23,37H,10,19-20H2,1-6H3/i2D3,37D. The Labute approximate surface area is 249 Å². The van der Waals surface area contributed by atoms with Crippen LogP contribution < -0.4 is 0 Å². The fraction of sp³-hybridized carbons (Fsp3) is 0.308. The molecule has 7 rings (SSSR count). The van der Waals surface area contributed by atoms with E-state index in [2.05, 4.69) is 70.2 Å². The van der Waals surface area contributed by atoms with Gasteiger partial charge in [-0.3, -0.25) is 4.98 Å². The van der Waals surface area contributed by atoms with Gasteiger partial charge in [0.15, 0.2) is 0 Å². The summed E-state index contributed by atoms with van der Waals surface area (Å²) in [5.41, 5.74) is 6.25. The van der Waals surface area contributed by atoms with Gasteiger partial charge in [0.05, 0.1) is 5.69 Å². The number of hydrogen-bond donors (Lipinski definition) is 0. The Morgan fingerprint density at radius 2 is 1.51 bits per heavy atom. The van der Waals surface area contributed by atoms with E-state index in [9.17, 15) is 1.37 Å². The first-order chi connectivity index (χ1) is 21.2. The van der Waals surface area contributed by atoms with E-state index in [-0.39, 0.29) is 16.4 Å². The van der Waals surface area contributed by atoms with Crippen LogP contribution in [-0.4, -0.2) is 4.98 Å². The molecule has 6 aromatic rings. The highest BCUT2D eigenvalue weighted by molar-refractivity contribution is 6.17. The highest BCUT2D eigenvalue weighted by atomic mass is 16.3. The molecule has 1 fully saturated rings. The maximum absolute atomic E-state index is 9.89. The van der Waals surface area contributed by atoms with E-state index in [4.69, 9.17) is 13.5 Å². The fourth-order valence-corrected chi connectivity index (χ4v) is 7.59. The summed E-state index contributed by atoms with van der Waals surface area (Å²) >= 11 is 0. The minimum Gasteiger partial charge on any atom is -0.455 e. The lowest BCUT2D eigenvalue weighted by molar-refractivity contribution is 0.0727. The van der Waals surface area contributed by atoms with Crippen LogP contribution in [0.3, 0.4) is 0 Å². The van der Waals surface area contributed by atoms with Gasteiger partial charge in [0.25, 0.3) is 0 Å². The van der Waals surface area contributed by atoms with Crippen LogP contribution in [0.4, 0.5) is 0 Å². The van der Waals surface area contributed by atoms with Gasteiger partial charge in [-0.1, -0.05) is 94.8 Å². The molecule has 0 saturated heterocycles. The molecular formula is C39H39NO. The Balaban J connectivity index is 1.41. The molecule has 1 saturated carbocycles. The SMILES string of the molecule is [2H]C([2H])([2H])c1cnc(-c2cccc3c2oc2c4ccccc4ccc32)cc1-c1ccc(C2([2H])C(C)(C)CCCC2(C)C)cc1C. The molecule has 2 nitrogen and oxygen atoms in total. The Morgan fingerprint density at radius 3 is 2.29 bits per heavy atom. The van der Waals surface area contributed by atoms with Gasteiger partial charge in [0, 0.05) is 33.4 Å². The lowest BCUT2D eigenvalue weighted by Crippen LogP contribution is -2.38. The second kappa shape index (κ2) is 9.31. The number of pyridine rings is 1. The van der Waals surface area contributed by atoms with Crippen molar-refractivity contribution in [2.75, 3.05) is 0 Å². The largest absolute Gasteiger partial charge is 0.455 e. The number of benzene rings is 4. The number of aryl methyl sites for hydroxylation is 2. The zero-order chi connectivity index (χ0) is 31.9. The quantitative estimate of drug-likeness (QED) is 0.223. The van der Waals surface area contributed by atoms with Crippen LogP contribution in [0.15, 0.2) is 89.5 Å². The van der Waals surface area contributed by atoms with Crippen LogP contribution in [0, 0.1) is 24.6 Å². The summed E-state index contributed by atoms with van der Waals surface area (Å²) in [5, 5.41) is 4.20. The van der Waals surface area contributed by atoms with Gasteiger partial charge in [-0.05, 0) is 94.7 Å². The smallest absolute Gasteiger partial charge is 0.144 e. The lowest BCUT2D eigenvalue weighted by atomic mass is 9.55. The molecule has 0 radical (unpaired) electrons. The van der Waals surface area contributed by atoms with Crippen molar-refractivity contribution < 1.29 is 9.90 Å². The second-order valence-electron chi connectivity index (χ2n) is 13.1. The molecule has 4 aromatic carbocycles. The predicted molar refractivity (Wildman–Crippen MR) is 174 cm³/mol. The van der Waals surface area contributed by atoms with E-state index in [1.54, 1.807) is 0 Å². The molecule has 2 heterocycles. The summed E-state index contributed by atoms with van der Waals surface area (Å²) in [6, 6.07) is 26.5. The number of para-hydroxylation sites is 1. The third-order valence-corrected chi connectivity index (χ3v) is 9.33. The third-order valence-electron chi connectivity index (χ3n) is 9.33. The van der Waals surface area contributed by atoms with Crippen LogP contribution >= 0.6 is 0 Å². The molecule has 1 aliphatic carbocycles. The van der Waals surface area contributed by atoms with Crippen molar-refractivity contribution in [2.24, 2.45) is 10.8 Å². The average molecular weight is 542 g/mol. The summed E-state index contributed by atoms with van der Waals surface area (Å²) in [7, 11) is 0. The first-order valence-electron chi connectivity index (χ1n) is 16.7. The summed E-state index contributed by atoms with van der Waals surface area (Å²) in [5.74, 6) is -0.779. The number of furan rings is 1. The Bertz CT molecular complexity index is 2100. The number of nitrogens with zero attached hydrogens (tertiary/aromatic N) is 1. The normalized spacial score (nSPS) is 19.5. The summed E-state index contributed by atoms with van der Waals surface area (Å²) in [6.45, 7) is 8.54. The number of fused-ring (bicyclic) bond motifs is 5. The van der Waals surface area contributed by atoms with E-state index in [1.807, 2.05) is 43.3 Å². The topological polar surface area (TPSA) is 26.0 Å². The van der Waals surface area contributed by atoms with Gasteiger partial charge in [0.1, 0.15) is 11.2 Å². The van der Waals surface area contributed by atoms with Crippen LogP contribution in [0.5, 0.6) is 0 Å². The average Bonchev–Trinajstić information content (AvgIpc) is 3.38. The molecule has 0 amide bonds. The maximum atomic E-state index is 9.89. The highest BCUT2D eigenvalue weighted by Crippen LogP contribution is 2.56. The molecule has 0 aliphatic heterocycles. The molecule has 1 aliphatic rings. The van der Waals surface area contributed by atoms with Gasteiger partial charge in [-0.2, -0.15) is 0 Å². The van der Waals surface area contributed by atoms with Crippen LogP contribution in [-0.2, 0) is 0 Å². The molecule has 2 aromatic heterocycles. The zero-order valence-corrected chi connectivity index (χ0v) is 24.6. The van der Waals surface area contributed by atoms with Gasteiger partial charge in [-0.25, -0.2) is 0 Å². The summed E-state index contributed by atoms with van der Waals surface area (Å²) in [6.07, 6.45) is 4.62. The summed E-state index contributed by atoms with van der Waals surface area (Å²) in [4.78, 5) is 4.70. The number of hydrogen-bond acceptors (Lipinski definition) is 2. The van der Waals surface area contributed by atoms with E-state index in [1.165, 1.54) is 6.20 Å². The monoisotopic (exact) mass is 541 g/mol. The lowest BCUT2D eigenvalue weighted by Gasteiger charge is -2.50. The van der Waals surface area contributed by atoms with Crippen molar-refractivity contribution in [2.45, 2.75) is 66.6 Å². The molecular weight excluding hydrogens is 498 g/mol. The van der Waals surface area contributed by atoms with Gasteiger partial charge in [-0.15, -0.1) is 0 Å². The van der Waals surface area contributed by atoms with Crippen molar-refractivity contribution in [3.8, 4) is 22.4 Å². The van der Waals surface area contributed by atoms with Crippen molar-refractivity contribution in [3.63, 3.8) is 0 Å². The van der Waals surface area contributed by atoms with E-state index < -0.39 is 12.7 Å². The molecule has 206 valence electrons. The first-order valence-corrected chi connectivity index (χ1v) is 14.7. The highest BCUT2D eigenvalue weighted by Gasteiger charge is 2.44. The van der Waals surface area contributed by atoms with E-state index in [0.29, 0.717) is 11.3 Å². The Hall–Kier alpha value is -3.91. The Morgan fingerprint density at radius 1 is 0.756 bits per heavy atom. The van der Waals surface area contributed by atoms with E-state index in [0.717, 1.165) is 74.2 Å².